The van der Waals surface area contributed by atoms with Crippen molar-refractivity contribution in [2.45, 2.75) is 59.5 Å². The zero-order chi connectivity index (χ0) is 20.2. The summed E-state index contributed by atoms with van der Waals surface area (Å²) in [6.07, 6.45) is 2.32. The highest BCUT2D eigenvalue weighted by atomic mass is 127. The predicted octanol–water partition coefficient (Wildman–Crippen LogP) is 4.69. The predicted molar refractivity (Wildman–Crippen MR) is 132 cm³/mol. The van der Waals surface area contributed by atoms with E-state index in [1.165, 1.54) is 12.0 Å². The van der Waals surface area contributed by atoms with Crippen LogP contribution in [0.4, 0.5) is 0 Å². The van der Waals surface area contributed by atoms with Gasteiger partial charge in [-0.25, -0.2) is 0 Å². The number of hydrogen-bond acceptors (Lipinski definition) is 3. The molecule has 1 rings (SSSR count). The van der Waals surface area contributed by atoms with Gasteiger partial charge in [-0.05, 0) is 70.8 Å². The van der Waals surface area contributed by atoms with Gasteiger partial charge in [0.15, 0.2) is 5.96 Å². The van der Waals surface area contributed by atoms with Gasteiger partial charge in [-0.15, -0.1) is 24.0 Å². The molecule has 0 saturated carbocycles. The normalized spacial score (nSPS) is 12.9. The first-order chi connectivity index (χ1) is 12.8. The van der Waals surface area contributed by atoms with E-state index >= 15 is 0 Å². The molecule has 0 spiro atoms. The number of halogens is 1. The van der Waals surface area contributed by atoms with Crippen molar-refractivity contribution >= 4 is 29.9 Å². The van der Waals surface area contributed by atoms with Crippen molar-refractivity contribution < 1.29 is 4.74 Å². The zero-order valence-electron chi connectivity index (χ0n) is 18.8. The van der Waals surface area contributed by atoms with E-state index in [1.54, 1.807) is 0 Å². The highest BCUT2D eigenvalue weighted by molar-refractivity contribution is 14.0. The second kappa shape index (κ2) is 14.9. The Balaban J connectivity index is 0.00000729. The van der Waals surface area contributed by atoms with Crippen LogP contribution in [0.5, 0.6) is 5.75 Å². The molecule has 1 aromatic carbocycles. The van der Waals surface area contributed by atoms with Gasteiger partial charge in [0.25, 0.3) is 0 Å². The van der Waals surface area contributed by atoms with Crippen LogP contribution in [0.15, 0.2) is 29.3 Å². The lowest BCUT2D eigenvalue weighted by Gasteiger charge is -2.21. The first-order valence-corrected chi connectivity index (χ1v) is 10.2. The zero-order valence-corrected chi connectivity index (χ0v) is 21.1. The number of ether oxygens (including phenoxy) is 1. The van der Waals surface area contributed by atoms with Gasteiger partial charge in [0, 0.05) is 19.6 Å². The molecule has 0 fully saturated rings. The second-order valence-corrected chi connectivity index (χ2v) is 7.92. The summed E-state index contributed by atoms with van der Waals surface area (Å²) in [4.78, 5) is 6.72. The average molecular weight is 505 g/mol. The topological polar surface area (TPSA) is 48.9 Å². The van der Waals surface area contributed by atoms with Gasteiger partial charge >= 0.3 is 0 Å². The van der Waals surface area contributed by atoms with E-state index < -0.39 is 0 Å². The molecule has 0 aliphatic heterocycles. The maximum absolute atomic E-state index is 5.75. The Morgan fingerprint density at radius 3 is 2.25 bits per heavy atom. The molecule has 0 aliphatic rings. The number of nitrogens with zero attached hydrogens (tertiary/aromatic N) is 2. The fourth-order valence-electron chi connectivity index (χ4n) is 2.55. The molecule has 6 heteroatoms. The molecule has 0 saturated heterocycles. The van der Waals surface area contributed by atoms with E-state index in [1.807, 2.05) is 19.2 Å². The molecule has 0 aliphatic carbocycles. The highest BCUT2D eigenvalue weighted by Crippen LogP contribution is 2.18. The number of rotatable bonds is 11. The smallest absolute Gasteiger partial charge is 0.191 e. The Bertz CT molecular complexity index is 546. The Labute approximate surface area is 189 Å². The van der Waals surface area contributed by atoms with Gasteiger partial charge in [0.2, 0.25) is 0 Å². The van der Waals surface area contributed by atoms with E-state index in [2.05, 4.69) is 74.3 Å². The number of hydrogen-bond donors (Lipinski definition) is 2. The lowest BCUT2D eigenvalue weighted by molar-refractivity contribution is 0.268. The number of unbranched alkanes of at least 4 members (excludes halogenated alkanes) is 1. The maximum Gasteiger partial charge on any atom is 0.191 e. The number of aliphatic imine (C=N–C) groups is 1. The minimum Gasteiger partial charge on any atom is -0.493 e. The van der Waals surface area contributed by atoms with E-state index in [0.717, 1.165) is 37.8 Å². The Hall–Kier alpha value is -1.02. The summed E-state index contributed by atoms with van der Waals surface area (Å²) in [6, 6.07) is 9.09. The van der Waals surface area contributed by atoms with Crippen LogP contribution >= 0.6 is 24.0 Å². The van der Waals surface area contributed by atoms with Gasteiger partial charge in [-0.3, -0.25) is 4.99 Å². The summed E-state index contributed by atoms with van der Waals surface area (Å²) in [5.41, 5.74) is 1.22. The van der Waals surface area contributed by atoms with Crippen LogP contribution in [0.2, 0.25) is 0 Å². The molecule has 0 aromatic heterocycles. The molecule has 28 heavy (non-hydrogen) atoms. The van der Waals surface area contributed by atoms with E-state index in [-0.39, 0.29) is 30.0 Å². The van der Waals surface area contributed by atoms with Crippen molar-refractivity contribution in [2.75, 3.05) is 33.8 Å². The van der Waals surface area contributed by atoms with Gasteiger partial charge in [-0.2, -0.15) is 0 Å². The van der Waals surface area contributed by atoms with Crippen LogP contribution in [0.3, 0.4) is 0 Å². The molecule has 0 radical (unpaired) electrons. The quantitative estimate of drug-likeness (QED) is 0.199. The summed E-state index contributed by atoms with van der Waals surface area (Å²) < 4.78 is 5.75. The van der Waals surface area contributed by atoms with Gasteiger partial charge in [0.1, 0.15) is 5.75 Å². The fourth-order valence-corrected chi connectivity index (χ4v) is 2.55. The number of guanidine groups is 1. The molecule has 0 heterocycles. The third-order valence-corrected chi connectivity index (χ3v) is 4.65. The molecule has 2 N–H and O–H groups in total. The summed E-state index contributed by atoms with van der Waals surface area (Å²) in [7, 11) is 4.00. The molecule has 0 amide bonds. The standard InChI is InChI=1S/C22H40N4O.HI/c1-17(2)16-27-21-12-10-20(11-13-21)19(5)25-22(23-6)24-14-8-9-15-26(7)18(3)4;/h10-13,17-19H,8-9,14-16H2,1-7H3,(H2,23,24,25);1H. The van der Waals surface area contributed by atoms with Crippen LogP contribution < -0.4 is 15.4 Å². The molecule has 0 bridgehead atoms. The summed E-state index contributed by atoms with van der Waals surface area (Å²) in [5.74, 6) is 2.30. The van der Waals surface area contributed by atoms with E-state index in [4.69, 9.17) is 4.74 Å². The van der Waals surface area contributed by atoms with Crippen molar-refractivity contribution in [2.24, 2.45) is 10.9 Å². The molecule has 1 atom stereocenters. The summed E-state index contributed by atoms with van der Waals surface area (Å²) in [6.45, 7) is 13.7. The number of nitrogens with one attached hydrogen (secondary N) is 2. The minimum absolute atomic E-state index is 0. The van der Waals surface area contributed by atoms with E-state index in [0.29, 0.717) is 12.0 Å². The van der Waals surface area contributed by atoms with Gasteiger partial charge in [0.05, 0.1) is 12.6 Å². The third-order valence-electron chi connectivity index (χ3n) is 4.65. The van der Waals surface area contributed by atoms with Crippen molar-refractivity contribution in [3.8, 4) is 5.75 Å². The van der Waals surface area contributed by atoms with Crippen molar-refractivity contribution in [3.05, 3.63) is 29.8 Å². The van der Waals surface area contributed by atoms with Crippen LogP contribution in [-0.2, 0) is 0 Å². The monoisotopic (exact) mass is 504 g/mol. The molecular weight excluding hydrogens is 463 g/mol. The molecule has 1 aromatic rings. The molecule has 162 valence electrons. The lowest BCUT2D eigenvalue weighted by atomic mass is 10.1. The van der Waals surface area contributed by atoms with Crippen molar-refractivity contribution in [1.29, 1.82) is 0 Å². The molecule has 5 nitrogen and oxygen atoms in total. The van der Waals surface area contributed by atoms with Crippen molar-refractivity contribution in [1.82, 2.24) is 15.5 Å². The Morgan fingerprint density at radius 2 is 1.71 bits per heavy atom. The molecule has 1 unspecified atom stereocenters. The van der Waals surface area contributed by atoms with Crippen LogP contribution in [0.1, 0.15) is 59.1 Å². The van der Waals surface area contributed by atoms with Crippen LogP contribution in [-0.4, -0.2) is 50.7 Å². The van der Waals surface area contributed by atoms with Crippen molar-refractivity contribution in [3.63, 3.8) is 0 Å². The van der Waals surface area contributed by atoms with Crippen LogP contribution in [0, 0.1) is 5.92 Å². The van der Waals surface area contributed by atoms with E-state index in [9.17, 15) is 0 Å². The largest absolute Gasteiger partial charge is 0.493 e. The summed E-state index contributed by atoms with van der Waals surface area (Å²) >= 11 is 0. The second-order valence-electron chi connectivity index (χ2n) is 7.92. The third kappa shape index (κ3) is 11.1. The van der Waals surface area contributed by atoms with Crippen LogP contribution in [0.25, 0.3) is 0 Å². The Morgan fingerprint density at radius 1 is 1.07 bits per heavy atom. The lowest BCUT2D eigenvalue weighted by Crippen LogP contribution is -2.39. The highest BCUT2D eigenvalue weighted by Gasteiger charge is 2.08. The average Bonchev–Trinajstić information content (AvgIpc) is 2.65. The minimum atomic E-state index is 0. The number of benzene rings is 1. The fraction of sp³-hybridized carbons (Fsp3) is 0.682. The molecular formula is C22H41IN4O. The SMILES string of the molecule is CN=C(NCCCCN(C)C(C)C)NC(C)c1ccc(OCC(C)C)cc1.I. The Kier molecular flexibility index (Phi) is 14.4. The van der Waals surface area contributed by atoms with Gasteiger partial charge < -0.3 is 20.3 Å². The first kappa shape index (κ1) is 27.0. The van der Waals surface area contributed by atoms with Gasteiger partial charge in [-0.1, -0.05) is 26.0 Å². The maximum atomic E-state index is 5.75. The first-order valence-electron chi connectivity index (χ1n) is 10.2. The summed E-state index contributed by atoms with van der Waals surface area (Å²) in [5, 5.41) is 6.87.